The van der Waals surface area contributed by atoms with Crippen LogP contribution < -0.4 is 30.7 Å². The van der Waals surface area contributed by atoms with Gasteiger partial charge in [-0.15, -0.1) is 0 Å². The van der Waals surface area contributed by atoms with Crippen LogP contribution in [0.25, 0.3) is 0 Å². The van der Waals surface area contributed by atoms with Crippen molar-refractivity contribution in [3.8, 4) is 11.5 Å². The first-order chi connectivity index (χ1) is 17.9. The summed E-state index contributed by atoms with van der Waals surface area (Å²) in [5.74, 6) is 1.96. The molecule has 10 nitrogen and oxygen atoms in total. The fraction of sp³-hybridized carbons (Fsp3) is 0.154. The quantitative estimate of drug-likeness (QED) is 0.216. The summed E-state index contributed by atoms with van der Waals surface area (Å²) in [6.45, 7) is 1.71. The second-order valence-corrected chi connectivity index (χ2v) is 8.31. The molecule has 0 saturated carbocycles. The molecule has 0 aliphatic carbocycles. The van der Waals surface area contributed by atoms with Crippen LogP contribution in [0.4, 0.5) is 34.9 Å². The summed E-state index contributed by atoms with van der Waals surface area (Å²) >= 11 is 5.92. The molecular weight excluding hydrogens is 494 g/mol. The van der Waals surface area contributed by atoms with Crippen LogP contribution in [0.1, 0.15) is 6.92 Å². The van der Waals surface area contributed by atoms with Crippen LogP contribution in [0.5, 0.6) is 11.5 Å². The molecule has 4 rings (SSSR count). The van der Waals surface area contributed by atoms with E-state index in [9.17, 15) is 4.79 Å². The predicted octanol–water partition coefficient (Wildman–Crippen LogP) is 5.47. The highest BCUT2D eigenvalue weighted by molar-refractivity contribution is 6.30. The number of carbonyl (C=O) groups excluding carboxylic acids is 1. The first-order valence-corrected chi connectivity index (χ1v) is 11.7. The van der Waals surface area contributed by atoms with Gasteiger partial charge in [0.25, 0.3) is 0 Å². The van der Waals surface area contributed by atoms with Gasteiger partial charge in [0.05, 0.1) is 14.2 Å². The van der Waals surface area contributed by atoms with E-state index < -0.39 is 6.04 Å². The minimum absolute atomic E-state index is 0.209. The number of methoxy groups -OCH3 is 2. The van der Waals surface area contributed by atoms with Gasteiger partial charge in [0.2, 0.25) is 23.8 Å². The first kappa shape index (κ1) is 25.5. The Balaban J connectivity index is 1.54. The third-order valence-electron chi connectivity index (χ3n) is 5.18. The summed E-state index contributed by atoms with van der Waals surface area (Å²) in [6, 6.07) is 20.9. The minimum Gasteiger partial charge on any atom is -0.497 e. The summed E-state index contributed by atoms with van der Waals surface area (Å²) in [4.78, 5) is 26.1. The molecular formula is C26H26ClN7O3. The molecule has 1 heterocycles. The molecule has 190 valence electrons. The monoisotopic (exact) mass is 519 g/mol. The van der Waals surface area contributed by atoms with Gasteiger partial charge in [-0.3, -0.25) is 4.79 Å². The topological polar surface area (TPSA) is 122 Å². The molecule has 37 heavy (non-hydrogen) atoms. The Kier molecular flexibility index (Phi) is 8.22. The normalized spacial score (nSPS) is 11.2. The number of ether oxygens (including phenoxy) is 2. The van der Waals surface area contributed by atoms with Crippen molar-refractivity contribution in [3.05, 3.63) is 77.8 Å². The number of amides is 1. The van der Waals surface area contributed by atoms with Crippen LogP contribution in [0.15, 0.2) is 72.8 Å². The van der Waals surface area contributed by atoms with E-state index in [4.69, 9.17) is 21.1 Å². The molecule has 0 radical (unpaired) electrons. The van der Waals surface area contributed by atoms with Gasteiger partial charge in [-0.25, -0.2) is 0 Å². The fourth-order valence-electron chi connectivity index (χ4n) is 3.20. The zero-order chi connectivity index (χ0) is 26.2. The molecule has 0 aliphatic heterocycles. The van der Waals surface area contributed by atoms with Crippen molar-refractivity contribution < 1.29 is 14.3 Å². The SMILES string of the molecule is COc1ccc(Nc2nc(Nc3ccc(OC)cc3)nc(N[C@@H](C)C(=O)Nc3ccc(Cl)cc3)n2)cc1. The number of rotatable bonds is 10. The molecule has 4 aromatic rings. The van der Waals surface area contributed by atoms with E-state index in [2.05, 4.69) is 36.2 Å². The maximum Gasteiger partial charge on any atom is 0.246 e. The molecule has 1 aromatic heterocycles. The first-order valence-electron chi connectivity index (χ1n) is 11.3. The van der Waals surface area contributed by atoms with Gasteiger partial charge in [-0.2, -0.15) is 15.0 Å². The van der Waals surface area contributed by atoms with Gasteiger partial charge in [0.15, 0.2) is 0 Å². The molecule has 11 heteroatoms. The third kappa shape index (κ3) is 7.21. The predicted molar refractivity (Wildman–Crippen MR) is 146 cm³/mol. The number of benzene rings is 3. The molecule has 0 unspecified atom stereocenters. The van der Waals surface area contributed by atoms with E-state index in [0.29, 0.717) is 10.7 Å². The van der Waals surface area contributed by atoms with Gasteiger partial charge in [-0.05, 0) is 79.7 Å². The molecule has 0 saturated heterocycles. The number of hydrogen-bond donors (Lipinski definition) is 4. The van der Waals surface area contributed by atoms with Gasteiger partial charge in [0, 0.05) is 22.1 Å². The highest BCUT2D eigenvalue weighted by Crippen LogP contribution is 2.22. The van der Waals surface area contributed by atoms with Crippen molar-refractivity contribution in [3.63, 3.8) is 0 Å². The lowest BCUT2D eigenvalue weighted by molar-refractivity contribution is -0.116. The number of nitrogens with zero attached hydrogens (tertiary/aromatic N) is 3. The van der Waals surface area contributed by atoms with Crippen LogP contribution >= 0.6 is 11.6 Å². The van der Waals surface area contributed by atoms with E-state index in [-0.39, 0.29) is 23.8 Å². The van der Waals surface area contributed by atoms with Gasteiger partial charge in [0.1, 0.15) is 17.5 Å². The zero-order valence-electron chi connectivity index (χ0n) is 20.4. The molecule has 0 fully saturated rings. The Labute approximate surface area is 219 Å². The number of halogens is 1. The Bertz CT molecular complexity index is 1270. The highest BCUT2D eigenvalue weighted by Gasteiger charge is 2.16. The van der Waals surface area contributed by atoms with Crippen molar-refractivity contribution in [1.29, 1.82) is 0 Å². The van der Waals surface area contributed by atoms with Crippen molar-refractivity contribution in [2.45, 2.75) is 13.0 Å². The average Bonchev–Trinajstić information content (AvgIpc) is 2.90. The van der Waals surface area contributed by atoms with Crippen LogP contribution in [0.3, 0.4) is 0 Å². The summed E-state index contributed by atoms with van der Waals surface area (Å²) in [6.07, 6.45) is 0. The van der Waals surface area contributed by atoms with Gasteiger partial charge in [-0.1, -0.05) is 11.6 Å². The smallest absolute Gasteiger partial charge is 0.246 e. The van der Waals surface area contributed by atoms with Crippen LogP contribution in [0.2, 0.25) is 5.02 Å². The van der Waals surface area contributed by atoms with Crippen molar-refractivity contribution in [1.82, 2.24) is 15.0 Å². The summed E-state index contributed by atoms with van der Waals surface area (Å²) < 4.78 is 10.4. The van der Waals surface area contributed by atoms with Crippen LogP contribution in [0, 0.1) is 0 Å². The fourth-order valence-corrected chi connectivity index (χ4v) is 3.33. The molecule has 1 atom stereocenters. The lowest BCUT2D eigenvalue weighted by Crippen LogP contribution is -2.32. The summed E-state index contributed by atoms with van der Waals surface area (Å²) in [7, 11) is 3.21. The van der Waals surface area contributed by atoms with E-state index in [1.165, 1.54) is 0 Å². The maximum atomic E-state index is 12.7. The van der Waals surface area contributed by atoms with E-state index in [0.717, 1.165) is 22.9 Å². The number of nitrogens with one attached hydrogen (secondary N) is 4. The lowest BCUT2D eigenvalue weighted by Gasteiger charge is -2.16. The number of aromatic nitrogens is 3. The Morgan fingerprint density at radius 1 is 0.703 bits per heavy atom. The second-order valence-electron chi connectivity index (χ2n) is 7.88. The average molecular weight is 520 g/mol. The largest absolute Gasteiger partial charge is 0.497 e. The Morgan fingerprint density at radius 2 is 1.14 bits per heavy atom. The number of hydrogen-bond acceptors (Lipinski definition) is 9. The minimum atomic E-state index is -0.652. The Hall–Kier alpha value is -4.57. The number of anilines is 6. The molecule has 1 amide bonds. The maximum absolute atomic E-state index is 12.7. The summed E-state index contributed by atoms with van der Waals surface area (Å²) in [5, 5.41) is 12.8. The van der Waals surface area contributed by atoms with Crippen molar-refractivity contribution in [2.75, 3.05) is 35.5 Å². The second kappa shape index (κ2) is 11.9. The third-order valence-corrected chi connectivity index (χ3v) is 5.43. The van der Waals surface area contributed by atoms with Gasteiger partial charge >= 0.3 is 0 Å². The lowest BCUT2D eigenvalue weighted by atomic mass is 10.2. The van der Waals surface area contributed by atoms with E-state index in [1.54, 1.807) is 45.4 Å². The molecule has 0 aliphatic rings. The van der Waals surface area contributed by atoms with Crippen molar-refractivity contribution >= 4 is 52.4 Å². The summed E-state index contributed by atoms with van der Waals surface area (Å²) in [5.41, 5.74) is 2.13. The number of carbonyl (C=O) groups is 1. The zero-order valence-corrected chi connectivity index (χ0v) is 21.2. The standard InChI is InChI=1S/C26H26ClN7O3/c1-16(23(35)29-18-6-4-17(27)5-7-18)28-24-32-25(30-19-8-12-21(36-2)13-9-19)34-26(33-24)31-20-10-14-22(37-3)15-11-20/h4-16H,1-3H3,(H,29,35)(H3,28,30,31,32,33,34)/t16-/m0/s1. The molecule has 4 N–H and O–H groups in total. The van der Waals surface area contributed by atoms with Crippen molar-refractivity contribution in [2.24, 2.45) is 0 Å². The van der Waals surface area contributed by atoms with E-state index in [1.807, 2.05) is 48.5 Å². The molecule has 3 aromatic carbocycles. The molecule has 0 spiro atoms. The van der Waals surface area contributed by atoms with E-state index >= 15 is 0 Å². The molecule has 0 bridgehead atoms. The van der Waals surface area contributed by atoms with Crippen LogP contribution in [-0.2, 0) is 4.79 Å². The van der Waals surface area contributed by atoms with Gasteiger partial charge < -0.3 is 30.7 Å². The van der Waals surface area contributed by atoms with Crippen LogP contribution in [-0.4, -0.2) is 41.1 Å². The highest BCUT2D eigenvalue weighted by atomic mass is 35.5. The Morgan fingerprint density at radius 3 is 1.59 bits per heavy atom.